The molecular formula is C9H12N4S. The fraction of sp³-hybridized carbons (Fsp3) is 0.556. The second-order valence-electron chi connectivity index (χ2n) is 3.76. The number of nitrogens with zero attached hydrogens (tertiary/aromatic N) is 3. The van der Waals surface area contributed by atoms with Gasteiger partial charge in [-0.3, -0.25) is 0 Å². The van der Waals surface area contributed by atoms with Crippen LogP contribution in [0, 0.1) is 6.92 Å². The molecule has 2 N–H and O–H groups in total. The Bertz CT molecular complexity index is 480. The molecule has 1 aliphatic carbocycles. The zero-order valence-corrected chi connectivity index (χ0v) is 8.84. The molecule has 0 aromatic carbocycles. The van der Waals surface area contributed by atoms with Crippen molar-refractivity contribution in [3.05, 3.63) is 16.4 Å². The Kier molecular flexibility index (Phi) is 1.66. The maximum atomic E-state index is 5.67. The monoisotopic (exact) mass is 208 g/mol. The largest absolute Gasteiger partial charge is 0.325 e. The van der Waals surface area contributed by atoms with Crippen LogP contribution in [0.1, 0.15) is 35.2 Å². The van der Waals surface area contributed by atoms with E-state index in [0.29, 0.717) is 12.5 Å². The average Bonchev–Trinajstić information content (AvgIpc) is 2.85. The molecule has 2 aromatic rings. The zero-order valence-electron chi connectivity index (χ0n) is 8.03. The van der Waals surface area contributed by atoms with E-state index < -0.39 is 0 Å². The predicted octanol–water partition coefficient (Wildman–Crippen LogP) is 1.44. The Balaban J connectivity index is 2.19. The quantitative estimate of drug-likeness (QED) is 0.812. The highest BCUT2D eigenvalue weighted by atomic mass is 32.1. The Morgan fingerprint density at radius 2 is 2.36 bits per heavy atom. The van der Waals surface area contributed by atoms with E-state index in [1.165, 1.54) is 17.8 Å². The van der Waals surface area contributed by atoms with Gasteiger partial charge in [-0.15, -0.1) is 0 Å². The molecule has 0 radical (unpaired) electrons. The maximum Gasteiger partial charge on any atom is 0.212 e. The third kappa shape index (κ3) is 1.09. The van der Waals surface area contributed by atoms with Crippen molar-refractivity contribution in [3.8, 4) is 0 Å². The Hall–Kier alpha value is -0.940. The standard InChI is InChI=1S/C9H12N4S/c1-5-7(4-10)13-9(11-5)14-8(12-13)6-2-3-6/h6H,2-4,10H2,1H3. The number of rotatable bonds is 2. The van der Waals surface area contributed by atoms with Crippen molar-refractivity contribution in [1.82, 2.24) is 14.6 Å². The van der Waals surface area contributed by atoms with Crippen LogP contribution in [0.25, 0.3) is 4.96 Å². The average molecular weight is 208 g/mol. The Labute approximate surface area is 85.8 Å². The second-order valence-corrected chi connectivity index (χ2v) is 4.74. The van der Waals surface area contributed by atoms with Gasteiger partial charge in [0, 0.05) is 12.5 Å². The lowest BCUT2D eigenvalue weighted by molar-refractivity contribution is 0.827. The van der Waals surface area contributed by atoms with E-state index in [2.05, 4.69) is 10.1 Å². The first-order valence-electron chi connectivity index (χ1n) is 4.84. The molecule has 3 rings (SSSR count). The summed E-state index contributed by atoms with van der Waals surface area (Å²) < 4.78 is 1.91. The van der Waals surface area contributed by atoms with Crippen molar-refractivity contribution >= 4 is 16.3 Å². The molecule has 0 aliphatic heterocycles. The molecule has 0 saturated heterocycles. The van der Waals surface area contributed by atoms with Crippen molar-refractivity contribution in [1.29, 1.82) is 0 Å². The van der Waals surface area contributed by atoms with Crippen molar-refractivity contribution in [2.24, 2.45) is 5.73 Å². The lowest BCUT2D eigenvalue weighted by Gasteiger charge is -1.93. The fourth-order valence-corrected chi connectivity index (χ4v) is 2.77. The highest BCUT2D eigenvalue weighted by Gasteiger charge is 2.28. The molecule has 0 amide bonds. The van der Waals surface area contributed by atoms with Gasteiger partial charge in [0.25, 0.3) is 0 Å². The van der Waals surface area contributed by atoms with Crippen LogP contribution in [-0.2, 0) is 6.54 Å². The first-order chi connectivity index (χ1) is 6.79. The topological polar surface area (TPSA) is 56.2 Å². The molecule has 1 aliphatic rings. The van der Waals surface area contributed by atoms with Gasteiger partial charge in [-0.25, -0.2) is 9.50 Å². The van der Waals surface area contributed by atoms with Gasteiger partial charge in [0.15, 0.2) is 0 Å². The molecule has 74 valence electrons. The third-order valence-corrected chi connectivity index (χ3v) is 3.70. The highest BCUT2D eigenvalue weighted by Crippen LogP contribution is 2.41. The first kappa shape index (κ1) is 8.38. The Morgan fingerprint density at radius 1 is 1.57 bits per heavy atom. The van der Waals surface area contributed by atoms with E-state index in [1.54, 1.807) is 11.3 Å². The van der Waals surface area contributed by atoms with E-state index in [9.17, 15) is 0 Å². The number of fused-ring (bicyclic) bond motifs is 1. The van der Waals surface area contributed by atoms with Gasteiger partial charge in [0.05, 0.1) is 11.4 Å². The van der Waals surface area contributed by atoms with Crippen LogP contribution in [0.5, 0.6) is 0 Å². The summed E-state index contributed by atoms with van der Waals surface area (Å²) in [6, 6.07) is 0. The summed E-state index contributed by atoms with van der Waals surface area (Å²) in [6.07, 6.45) is 2.57. The van der Waals surface area contributed by atoms with Crippen LogP contribution in [-0.4, -0.2) is 14.6 Å². The van der Waals surface area contributed by atoms with Crippen molar-refractivity contribution in [3.63, 3.8) is 0 Å². The normalized spacial score (nSPS) is 16.7. The molecule has 0 atom stereocenters. The number of aromatic nitrogens is 3. The summed E-state index contributed by atoms with van der Waals surface area (Å²) in [4.78, 5) is 5.44. The fourth-order valence-electron chi connectivity index (χ4n) is 1.64. The van der Waals surface area contributed by atoms with E-state index in [1.807, 2.05) is 11.4 Å². The van der Waals surface area contributed by atoms with E-state index >= 15 is 0 Å². The maximum absolute atomic E-state index is 5.67. The highest BCUT2D eigenvalue weighted by molar-refractivity contribution is 7.16. The van der Waals surface area contributed by atoms with Crippen molar-refractivity contribution in [2.75, 3.05) is 0 Å². The molecule has 1 saturated carbocycles. The van der Waals surface area contributed by atoms with E-state index in [-0.39, 0.29) is 0 Å². The summed E-state index contributed by atoms with van der Waals surface area (Å²) >= 11 is 1.70. The molecule has 2 heterocycles. The lowest BCUT2D eigenvalue weighted by atomic mass is 10.3. The van der Waals surface area contributed by atoms with Crippen molar-refractivity contribution in [2.45, 2.75) is 32.2 Å². The molecule has 4 nitrogen and oxygen atoms in total. The van der Waals surface area contributed by atoms with Crippen LogP contribution in [0.15, 0.2) is 0 Å². The number of nitrogens with two attached hydrogens (primary N) is 1. The molecule has 5 heteroatoms. The summed E-state index contributed by atoms with van der Waals surface area (Å²) in [5.41, 5.74) is 7.72. The molecule has 0 unspecified atom stereocenters. The summed E-state index contributed by atoms with van der Waals surface area (Å²) in [5, 5.41) is 5.78. The molecule has 14 heavy (non-hydrogen) atoms. The van der Waals surface area contributed by atoms with Crippen LogP contribution in [0.3, 0.4) is 0 Å². The van der Waals surface area contributed by atoms with E-state index in [0.717, 1.165) is 16.3 Å². The predicted molar refractivity (Wildman–Crippen MR) is 55.5 cm³/mol. The van der Waals surface area contributed by atoms with Gasteiger partial charge in [0.1, 0.15) is 5.01 Å². The minimum atomic E-state index is 0.515. The minimum Gasteiger partial charge on any atom is -0.325 e. The van der Waals surface area contributed by atoms with Gasteiger partial charge in [-0.1, -0.05) is 11.3 Å². The number of aryl methyl sites for hydroxylation is 1. The molecule has 0 bridgehead atoms. The van der Waals surface area contributed by atoms with Crippen molar-refractivity contribution < 1.29 is 0 Å². The smallest absolute Gasteiger partial charge is 0.212 e. The summed E-state index contributed by atoms with van der Waals surface area (Å²) in [6.45, 7) is 2.50. The molecule has 1 fully saturated rings. The van der Waals surface area contributed by atoms with Gasteiger partial charge >= 0.3 is 0 Å². The first-order valence-corrected chi connectivity index (χ1v) is 5.66. The second kappa shape index (κ2) is 2.77. The number of imidazole rings is 1. The lowest BCUT2D eigenvalue weighted by Crippen LogP contribution is -2.03. The number of hydrogen-bond acceptors (Lipinski definition) is 4. The summed E-state index contributed by atoms with van der Waals surface area (Å²) in [7, 11) is 0. The molecule has 0 spiro atoms. The van der Waals surface area contributed by atoms with Gasteiger partial charge in [0.2, 0.25) is 4.96 Å². The minimum absolute atomic E-state index is 0.515. The zero-order chi connectivity index (χ0) is 9.71. The summed E-state index contributed by atoms with van der Waals surface area (Å²) in [5.74, 6) is 0.702. The van der Waals surface area contributed by atoms with Gasteiger partial charge < -0.3 is 5.73 Å². The van der Waals surface area contributed by atoms with E-state index in [4.69, 9.17) is 5.73 Å². The van der Waals surface area contributed by atoms with Crippen LogP contribution < -0.4 is 5.73 Å². The molecule has 2 aromatic heterocycles. The Morgan fingerprint density at radius 3 is 3.00 bits per heavy atom. The van der Waals surface area contributed by atoms with Gasteiger partial charge in [-0.2, -0.15) is 5.10 Å². The van der Waals surface area contributed by atoms with Gasteiger partial charge in [-0.05, 0) is 19.8 Å². The third-order valence-electron chi connectivity index (χ3n) is 2.63. The SMILES string of the molecule is Cc1nc2sc(C3CC3)nn2c1CN. The number of hydrogen-bond donors (Lipinski definition) is 1. The van der Waals surface area contributed by atoms with Crippen LogP contribution >= 0.6 is 11.3 Å². The van der Waals surface area contributed by atoms with Crippen LogP contribution in [0.4, 0.5) is 0 Å². The molecular weight excluding hydrogens is 196 g/mol. The van der Waals surface area contributed by atoms with Crippen LogP contribution in [0.2, 0.25) is 0 Å².